The van der Waals surface area contributed by atoms with Crippen LogP contribution in [0.3, 0.4) is 0 Å². The van der Waals surface area contributed by atoms with Gasteiger partial charge in [0.2, 0.25) is 0 Å². The summed E-state index contributed by atoms with van der Waals surface area (Å²) in [5.41, 5.74) is 1.81. The summed E-state index contributed by atoms with van der Waals surface area (Å²) in [4.78, 5) is 47.8. The van der Waals surface area contributed by atoms with E-state index in [1.807, 2.05) is 0 Å². The molecule has 0 saturated carbocycles. The van der Waals surface area contributed by atoms with E-state index in [0.717, 1.165) is 5.56 Å². The number of methoxy groups -OCH3 is 2. The van der Waals surface area contributed by atoms with Crippen LogP contribution in [0.5, 0.6) is 5.75 Å². The molecule has 1 aliphatic rings. The first kappa shape index (κ1) is 20.1. The number of nitrogens with one attached hydrogen (secondary N) is 1. The van der Waals surface area contributed by atoms with Gasteiger partial charge < -0.3 is 19.5 Å². The number of benzene rings is 2. The van der Waals surface area contributed by atoms with Gasteiger partial charge in [-0.15, -0.1) is 0 Å². The average molecular weight is 397 g/mol. The number of fused-ring (bicyclic) bond motifs is 1. The molecule has 150 valence electrons. The molecule has 0 saturated heterocycles. The second-order valence-electron chi connectivity index (χ2n) is 6.32. The minimum absolute atomic E-state index is 0.0601. The van der Waals surface area contributed by atoms with E-state index in [4.69, 9.17) is 4.74 Å². The highest BCUT2D eigenvalue weighted by molar-refractivity contribution is 6.01. The van der Waals surface area contributed by atoms with Crippen molar-refractivity contribution < 1.29 is 33.4 Å². The highest BCUT2D eigenvalue weighted by atomic mass is 16.5. The summed E-state index contributed by atoms with van der Waals surface area (Å²) in [5, 5.41) is 2.58. The molecule has 2 aromatic rings. The van der Waals surface area contributed by atoms with Crippen molar-refractivity contribution in [2.45, 2.75) is 12.8 Å². The van der Waals surface area contributed by atoms with Crippen molar-refractivity contribution in [3.05, 3.63) is 58.7 Å². The monoisotopic (exact) mass is 397 g/mol. The molecule has 0 fully saturated rings. The van der Waals surface area contributed by atoms with Crippen molar-refractivity contribution in [2.75, 3.05) is 26.1 Å². The number of hydrogen-bond donors (Lipinski definition) is 1. The molecule has 8 nitrogen and oxygen atoms in total. The van der Waals surface area contributed by atoms with E-state index in [-0.39, 0.29) is 29.2 Å². The van der Waals surface area contributed by atoms with Crippen LogP contribution >= 0.6 is 0 Å². The van der Waals surface area contributed by atoms with Crippen molar-refractivity contribution in [3.8, 4) is 5.75 Å². The molecule has 0 atom stereocenters. The molecule has 1 aliphatic carbocycles. The number of carbonyl (C=O) groups excluding carboxylic acids is 4. The predicted octanol–water partition coefficient (Wildman–Crippen LogP) is 2.41. The van der Waals surface area contributed by atoms with E-state index in [2.05, 4.69) is 14.8 Å². The topological polar surface area (TPSA) is 108 Å². The Labute approximate surface area is 166 Å². The van der Waals surface area contributed by atoms with Crippen molar-refractivity contribution in [1.29, 1.82) is 0 Å². The summed E-state index contributed by atoms with van der Waals surface area (Å²) < 4.78 is 14.9. The Kier molecular flexibility index (Phi) is 5.92. The van der Waals surface area contributed by atoms with Crippen LogP contribution in [-0.4, -0.2) is 44.5 Å². The van der Waals surface area contributed by atoms with Gasteiger partial charge in [-0.05, 0) is 30.7 Å². The Balaban J connectivity index is 1.73. The number of hydrogen-bond acceptors (Lipinski definition) is 7. The molecule has 0 spiro atoms. The van der Waals surface area contributed by atoms with E-state index in [1.165, 1.54) is 32.4 Å². The quantitative estimate of drug-likeness (QED) is 0.746. The number of esters is 2. The van der Waals surface area contributed by atoms with Crippen molar-refractivity contribution in [2.24, 2.45) is 0 Å². The smallest absolute Gasteiger partial charge is 0.337 e. The van der Waals surface area contributed by atoms with Gasteiger partial charge in [0, 0.05) is 23.2 Å². The third-order valence-corrected chi connectivity index (χ3v) is 4.45. The van der Waals surface area contributed by atoms with Crippen LogP contribution in [0.2, 0.25) is 0 Å². The Hall–Kier alpha value is -3.68. The van der Waals surface area contributed by atoms with E-state index in [0.29, 0.717) is 24.2 Å². The Morgan fingerprint density at radius 2 is 1.62 bits per heavy atom. The van der Waals surface area contributed by atoms with Crippen LogP contribution in [0, 0.1) is 0 Å². The summed E-state index contributed by atoms with van der Waals surface area (Å²) in [5.74, 6) is -1.27. The van der Waals surface area contributed by atoms with Gasteiger partial charge in [-0.1, -0.05) is 12.1 Å². The van der Waals surface area contributed by atoms with Crippen LogP contribution < -0.4 is 10.1 Å². The van der Waals surface area contributed by atoms with Crippen molar-refractivity contribution in [1.82, 2.24) is 0 Å². The largest absolute Gasteiger partial charge is 0.483 e. The lowest BCUT2D eigenvalue weighted by molar-refractivity contribution is -0.118. The zero-order chi connectivity index (χ0) is 21.0. The molecule has 0 aliphatic heterocycles. The Morgan fingerprint density at radius 1 is 0.966 bits per heavy atom. The lowest BCUT2D eigenvalue weighted by Gasteiger charge is -2.12. The summed E-state index contributed by atoms with van der Waals surface area (Å²) >= 11 is 0. The number of ketones is 1. The maximum Gasteiger partial charge on any atom is 0.337 e. The molecule has 29 heavy (non-hydrogen) atoms. The number of amides is 1. The van der Waals surface area contributed by atoms with Gasteiger partial charge in [0.1, 0.15) is 5.75 Å². The van der Waals surface area contributed by atoms with E-state index < -0.39 is 17.8 Å². The number of carbonyl (C=O) groups is 4. The van der Waals surface area contributed by atoms with Crippen molar-refractivity contribution >= 4 is 29.3 Å². The molecule has 1 amide bonds. The maximum atomic E-state index is 12.3. The van der Waals surface area contributed by atoms with Crippen LogP contribution in [0.1, 0.15) is 43.1 Å². The highest BCUT2D eigenvalue weighted by Crippen LogP contribution is 2.30. The second kappa shape index (κ2) is 8.55. The van der Waals surface area contributed by atoms with Gasteiger partial charge in [0.05, 0.1) is 25.3 Å². The lowest BCUT2D eigenvalue weighted by Crippen LogP contribution is -2.21. The Morgan fingerprint density at radius 3 is 2.24 bits per heavy atom. The highest BCUT2D eigenvalue weighted by Gasteiger charge is 2.23. The first-order chi connectivity index (χ1) is 13.9. The molecule has 8 heteroatoms. The third-order valence-electron chi connectivity index (χ3n) is 4.45. The molecular weight excluding hydrogens is 378 g/mol. The van der Waals surface area contributed by atoms with E-state index in [9.17, 15) is 19.2 Å². The molecule has 0 bridgehead atoms. The van der Waals surface area contributed by atoms with Crippen LogP contribution in [-0.2, 0) is 20.7 Å². The molecule has 2 aromatic carbocycles. The third kappa shape index (κ3) is 4.43. The fourth-order valence-electron chi connectivity index (χ4n) is 3.10. The van der Waals surface area contributed by atoms with Gasteiger partial charge in [0.15, 0.2) is 12.4 Å². The van der Waals surface area contributed by atoms with Gasteiger partial charge in [-0.3, -0.25) is 9.59 Å². The van der Waals surface area contributed by atoms with Crippen LogP contribution in [0.25, 0.3) is 0 Å². The molecule has 0 unspecified atom stereocenters. The fraction of sp³-hybridized carbons (Fsp3) is 0.238. The van der Waals surface area contributed by atoms with Gasteiger partial charge in [0.25, 0.3) is 5.91 Å². The fourth-order valence-corrected chi connectivity index (χ4v) is 3.10. The van der Waals surface area contributed by atoms with Gasteiger partial charge in [-0.25, -0.2) is 9.59 Å². The van der Waals surface area contributed by atoms with Crippen molar-refractivity contribution in [3.63, 3.8) is 0 Å². The summed E-state index contributed by atoms with van der Waals surface area (Å²) in [6.45, 7) is -0.305. The number of ether oxygens (including phenoxy) is 3. The van der Waals surface area contributed by atoms with Gasteiger partial charge >= 0.3 is 11.9 Å². The molecule has 0 radical (unpaired) electrons. The molecule has 1 N–H and O–H groups in total. The summed E-state index contributed by atoms with van der Waals surface area (Å²) in [6, 6.07) is 9.23. The standard InChI is InChI=1S/C21H19NO7/c1-27-20(25)12-8-13(21(26)28-2)10-14(9-12)22-19(24)11-29-18-5-3-4-15-16(18)6-7-17(15)23/h3-5,8-10H,6-7,11H2,1-2H3,(H,22,24). The van der Waals surface area contributed by atoms with Gasteiger partial charge in [-0.2, -0.15) is 0 Å². The van der Waals surface area contributed by atoms with Crippen LogP contribution in [0.15, 0.2) is 36.4 Å². The predicted molar refractivity (Wildman–Crippen MR) is 102 cm³/mol. The molecular formula is C21H19NO7. The second-order valence-corrected chi connectivity index (χ2v) is 6.32. The number of rotatable bonds is 6. The minimum Gasteiger partial charge on any atom is -0.483 e. The molecule has 0 heterocycles. The van der Waals surface area contributed by atoms with E-state index in [1.54, 1.807) is 18.2 Å². The SMILES string of the molecule is COC(=O)c1cc(NC(=O)COc2cccc3c2CCC3=O)cc(C(=O)OC)c1. The number of Topliss-reactive ketones (excluding diaryl/α,β-unsaturated/α-hetero) is 1. The zero-order valence-electron chi connectivity index (χ0n) is 15.9. The molecule has 3 rings (SSSR count). The van der Waals surface area contributed by atoms with E-state index >= 15 is 0 Å². The lowest BCUT2D eigenvalue weighted by atomic mass is 10.1. The van der Waals surface area contributed by atoms with Crippen LogP contribution in [0.4, 0.5) is 5.69 Å². The minimum atomic E-state index is -0.660. The summed E-state index contributed by atoms with van der Waals surface area (Å²) in [6.07, 6.45) is 1.01. The first-order valence-corrected chi connectivity index (χ1v) is 8.82. The zero-order valence-corrected chi connectivity index (χ0v) is 15.9. The summed E-state index contributed by atoms with van der Waals surface area (Å²) in [7, 11) is 2.42. The number of anilines is 1. The maximum absolute atomic E-state index is 12.3. The molecule has 0 aromatic heterocycles. The Bertz CT molecular complexity index is 962. The average Bonchev–Trinajstić information content (AvgIpc) is 3.12. The first-order valence-electron chi connectivity index (χ1n) is 8.82. The normalized spacial score (nSPS) is 12.1.